The largest absolute Gasteiger partial charge is 0.337 e. The highest BCUT2D eigenvalue weighted by Crippen LogP contribution is 2.28. The Labute approximate surface area is 147 Å². The summed E-state index contributed by atoms with van der Waals surface area (Å²) in [5.41, 5.74) is 2.97. The minimum absolute atomic E-state index is 0.0628. The maximum atomic E-state index is 13.0. The number of imidazole rings is 1. The van der Waals surface area contributed by atoms with Gasteiger partial charge in [-0.25, -0.2) is 4.98 Å². The number of benzene rings is 2. The van der Waals surface area contributed by atoms with Crippen LogP contribution in [0.25, 0.3) is 5.69 Å². The van der Waals surface area contributed by atoms with Crippen molar-refractivity contribution in [2.45, 2.75) is 18.8 Å². The number of piperidine rings is 1. The molecule has 3 aromatic rings. The summed E-state index contributed by atoms with van der Waals surface area (Å²) in [7, 11) is 0. The number of likely N-dealkylation sites (tertiary alicyclic amines) is 1. The lowest BCUT2D eigenvalue weighted by molar-refractivity contribution is 0.0705. The topological polar surface area (TPSA) is 38.1 Å². The Balaban J connectivity index is 1.48. The van der Waals surface area contributed by atoms with E-state index in [9.17, 15) is 4.79 Å². The fraction of sp³-hybridized carbons (Fsp3) is 0.238. The van der Waals surface area contributed by atoms with E-state index in [1.165, 1.54) is 5.56 Å². The lowest BCUT2D eigenvalue weighted by atomic mass is 9.89. The average Bonchev–Trinajstić information content (AvgIpc) is 3.19. The van der Waals surface area contributed by atoms with Crippen molar-refractivity contribution in [2.75, 3.05) is 13.1 Å². The molecule has 1 amide bonds. The van der Waals surface area contributed by atoms with Crippen LogP contribution in [0.15, 0.2) is 73.2 Å². The Bertz CT molecular complexity index is 834. The highest BCUT2D eigenvalue weighted by atomic mass is 16.2. The zero-order valence-corrected chi connectivity index (χ0v) is 14.1. The van der Waals surface area contributed by atoms with Crippen molar-refractivity contribution >= 4 is 5.91 Å². The summed E-state index contributed by atoms with van der Waals surface area (Å²) in [5.74, 6) is 0.608. The van der Waals surface area contributed by atoms with E-state index in [2.05, 4.69) is 29.2 Å². The summed E-state index contributed by atoms with van der Waals surface area (Å²) in [4.78, 5) is 19.1. The molecule has 2 heterocycles. The molecule has 0 saturated carbocycles. The Kier molecular flexibility index (Phi) is 4.34. The van der Waals surface area contributed by atoms with Gasteiger partial charge in [-0.2, -0.15) is 0 Å². The fourth-order valence-electron chi connectivity index (χ4n) is 3.55. The minimum atomic E-state index is 0.0628. The molecule has 0 aliphatic carbocycles. The molecule has 2 aromatic carbocycles. The number of aromatic nitrogens is 2. The third-order valence-corrected chi connectivity index (χ3v) is 4.95. The molecular formula is C21H21N3O. The molecular weight excluding hydrogens is 310 g/mol. The normalized spacial score (nSPS) is 15.3. The van der Waals surface area contributed by atoms with E-state index in [1.54, 1.807) is 12.5 Å². The molecule has 0 radical (unpaired) electrons. The predicted molar refractivity (Wildman–Crippen MR) is 97.9 cm³/mol. The monoisotopic (exact) mass is 331 g/mol. The zero-order chi connectivity index (χ0) is 17.1. The van der Waals surface area contributed by atoms with Crippen LogP contribution in [0.2, 0.25) is 0 Å². The molecule has 0 atom stereocenters. The number of rotatable bonds is 3. The Hall–Kier alpha value is -2.88. The number of para-hydroxylation sites is 1. The fourth-order valence-corrected chi connectivity index (χ4v) is 3.55. The zero-order valence-electron chi connectivity index (χ0n) is 14.1. The van der Waals surface area contributed by atoms with Crippen molar-refractivity contribution in [3.63, 3.8) is 0 Å². The second-order valence-corrected chi connectivity index (χ2v) is 6.46. The highest BCUT2D eigenvalue weighted by Gasteiger charge is 2.26. The summed E-state index contributed by atoms with van der Waals surface area (Å²) >= 11 is 0. The molecule has 0 unspecified atom stereocenters. The van der Waals surface area contributed by atoms with Crippen molar-refractivity contribution in [2.24, 2.45) is 0 Å². The van der Waals surface area contributed by atoms with E-state index in [1.807, 2.05) is 45.9 Å². The van der Waals surface area contributed by atoms with E-state index < -0.39 is 0 Å². The maximum absolute atomic E-state index is 13.0. The van der Waals surface area contributed by atoms with Crippen molar-refractivity contribution in [3.8, 4) is 5.69 Å². The molecule has 4 rings (SSSR count). The SMILES string of the molecule is O=C(c1cncn1-c1ccccc1)N1CCC(c2ccccc2)CC1. The van der Waals surface area contributed by atoms with Gasteiger partial charge in [-0.3, -0.25) is 9.36 Å². The predicted octanol–water partition coefficient (Wildman–Crippen LogP) is 3.89. The first-order valence-electron chi connectivity index (χ1n) is 8.75. The molecule has 0 spiro atoms. The number of hydrogen-bond acceptors (Lipinski definition) is 2. The van der Waals surface area contributed by atoms with Crippen molar-refractivity contribution < 1.29 is 4.79 Å². The van der Waals surface area contributed by atoms with Gasteiger partial charge in [0.05, 0.1) is 12.5 Å². The Morgan fingerprint density at radius 1 is 0.920 bits per heavy atom. The van der Waals surface area contributed by atoms with E-state index >= 15 is 0 Å². The summed E-state index contributed by atoms with van der Waals surface area (Å²) in [5, 5.41) is 0. The third-order valence-electron chi connectivity index (χ3n) is 4.95. The first kappa shape index (κ1) is 15.6. The molecule has 1 aliphatic rings. The van der Waals surface area contributed by atoms with Crippen LogP contribution in [0, 0.1) is 0 Å². The lowest BCUT2D eigenvalue weighted by Gasteiger charge is -2.32. The molecule has 0 bridgehead atoms. The standard InChI is InChI=1S/C21H21N3O/c25-21(20-15-22-16-24(20)19-9-5-2-6-10-19)23-13-11-18(12-14-23)17-7-3-1-4-8-17/h1-10,15-16,18H,11-14H2. The van der Waals surface area contributed by atoms with Gasteiger partial charge in [0.25, 0.3) is 5.91 Å². The highest BCUT2D eigenvalue weighted by molar-refractivity contribution is 5.93. The van der Waals surface area contributed by atoms with Gasteiger partial charge >= 0.3 is 0 Å². The summed E-state index contributed by atoms with van der Waals surface area (Å²) < 4.78 is 1.87. The van der Waals surface area contributed by atoms with Crippen molar-refractivity contribution in [3.05, 3.63) is 84.4 Å². The Morgan fingerprint density at radius 3 is 2.24 bits per heavy atom. The van der Waals surface area contributed by atoms with Gasteiger partial charge in [0.1, 0.15) is 5.69 Å². The molecule has 126 valence electrons. The minimum Gasteiger partial charge on any atom is -0.337 e. The first-order chi connectivity index (χ1) is 12.3. The van der Waals surface area contributed by atoms with Gasteiger partial charge in [-0.15, -0.1) is 0 Å². The first-order valence-corrected chi connectivity index (χ1v) is 8.75. The smallest absolute Gasteiger partial charge is 0.272 e. The van der Waals surface area contributed by atoms with E-state index in [-0.39, 0.29) is 5.91 Å². The van der Waals surface area contributed by atoms with Crippen LogP contribution in [0.3, 0.4) is 0 Å². The van der Waals surface area contributed by atoms with Crippen LogP contribution in [0.1, 0.15) is 34.8 Å². The number of hydrogen-bond donors (Lipinski definition) is 0. The van der Waals surface area contributed by atoms with Gasteiger partial charge in [0.2, 0.25) is 0 Å². The molecule has 1 aromatic heterocycles. The number of nitrogens with zero attached hydrogens (tertiary/aromatic N) is 3. The van der Waals surface area contributed by atoms with Crippen LogP contribution in [-0.4, -0.2) is 33.4 Å². The van der Waals surface area contributed by atoms with Gasteiger partial charge < -0.3 is 4.90 Å². The van der Waals surface area contributed by atoms with E-state index in [0.717, 1.165) is 31.6 Å². The molecule has 1 saturated heterocycles. The number of carbonyl (C=O) groups excluding carboxylic acids is 1. The van der Waals surface area contributed by atoms with Crippen LogP contribution in [0.5, 0.6) is 0 Å². The number of carbonyl (C=O) groups is 1. The van der Waals surface area contributed by atoms with Crippen LogP contribution >= 0.6 is 0 Å². The summed E-state index contributed by atoms with van der Waals surface area (Å²) in [6.07, 6.45) is 5.39. The molecule has 25 heavy (non-hydrogen) atoms. The van der Waals surface area contributed by atoms with Crippen molar-refractivity contribution in [1.29, 1.82) is 0 Å². The van der Waals surface area contributed by atoms with E-state index in [4.69, 9.17) is 0 Å². The van der Waals surface area contributed by atoms with Crippen LogP contribution < -0.4 is 0 Å². The summed E-state index contributed by atoms with van der Waals surface area (Å²) in [6.45, 7) is 1.58. The van der Waals surface area contributed by atoms with Crippen LogP contribution in [-0.2, 0) is 0 Å². The quantitative estimate of drug-likeness (QED) is 0.730. The number of amides is 1. The molecule has 1 aliphatic heterocycles. The van der Waals surface area contributed by atoms with Gasteiger partial charge in [-0.1, -0.05) is 48.5 Å². The van der Waals surface area contributed by atoms with Crippen molar-refractivity contribution in [1.82, 2.24) is 14.5 Å². The van der Waals surface area contributed by atoms with Gasteiger partial charge in [0.15, 0.2) is 0 Å². The van der Waals surface area contributed by atoms with Crippen LogP contribution in [0.4, 0.5) is 0 Å². The molecule has 0 N–H and O–H groups in total. The molecule has 4 nitrogen and oxygen atoms in total. The Morgan fingerprint density at radius 2 is 1.56 bits per heavy atom. The van der Waals surface area contributed by atoms with Gasteiger partial charge in [-0.05, 0) is 36.5 Å². The molecule has 1 fully saturated rings. The van der Waals surface area contributed by atoms with E-state index in [0.29, 0.717) is 11.6 Å². The van der Waals surface area contributed by atoms with Gasteiger partial charge in [0, 0.05) is 18.8 Å². The molecule has 4 heteroatoms. The maximum Gasteiger partial charge on any atom is 0.272 e. The second-order valence-electron chi connectivity index (χ2n) is 6.46. The average molecular weight is 331 g/mol. The third kappa shape index (κ3) is 3.20. The lowest BCUT2D eigenvalue weighted by Crippen LogP contribution is -2.38. The summed E-state index contributed by atoms with van der Waals surface area (Å²) in [6, 6.07) is 20.5. The second kappa shape index (κ2) is 6.93.